The van der Waals surface area contributed by atoms with Crippen LogP contribution in [0.15, 0.2) is 0 Å². The van der Waals surface area contributed by atoms with Crippen LogP contribution in [0.25, 0.3) is 0 Å². The molecular formula is CaMgMnNaSrZn. The number of rotatable bonds is 0. The van der Waals surface area contributed by atoms with Gasteiger partial charge in [-0.1, -0.05) is 0 Å². The molecule has 0 heterocycles. The van der Waals surface area contributed by atoms with Crippen molar-refractivity contribution >= 4 is 136 Å². The van der Waals surface area contributed by atoms with Crippen LogP contribution in [0.1, 0.15) is 0 Å². The van der Waals surface area contributed by atoms with Crippen LogP contribution < -0.4 is 0 Å². The van der Waals surface area contributed by atoms with Gasteiger partial charge in [-0.25, -0.2) is 0 Å². The fraction of sp³-hybridized carbons (Fsp3) is 0. The van der Waals surface area contributed by atoms with Crippen LogP contribution in [0.4, 0.5) is 0 Å². The van der Waals surface area contributed by atoms with Crippen molar-refractivity contribution in [3.05, 3.63) is 0 Å². The van der Waals surface area contributed by atoms with Crippen LogP contribution in [-0.2, 0) is 36.5 Å². The van der Waals surface area contributed by atoms with E-state index in [1.807, 2.05) is 0 Å². The first-order valence-corrected chi connectivity index (χ1v) is 0. The summed E-state index contributed by atoms with van der Waals surface area (Å²) in [6, 6.07) is 0. The van der Waals surface area contributed by atoms with Crippen LogP contribution in [0, 0.1) is 0 Å². The van der Waals surface area contributed by atoms with Gasteiger partial charge in [0, 0.05) is 172 Å². The van der Waals surface area contributed by atoms with E-state index in [2.05, 4.69) is 0 Å². The smallest absolute Gasteiger partial charge is 0 e. The van der Waals surface area contributed by atoms with E-state index in [0.29, 0.717) is 0 Å². The summed E-state index contributed by atoms with van der Waals surface area (Å²) in [4.78, 5) is 0. The molecule has 0 nitrogen and oxygen atoms in total. The monoisotopic (exact) mass is 294 g/mol. The molecule has 0 atom stereocenters. The van der Waals surface area contributed by atoms with Gasteiger partial charge in [0.15, 0.2) is 0 Å². The van der Waals surface area contributed by atoms with Gasteiger partial charge in [0.1, 0.15) is 0 Å². The average Bonchev–Trinajstić information content (AvgIpc) is 0. The van der Waals surface area contributed by atoms with Gasteiger partial charge in [-0.15, -0.1) is 0 Å². The predicted molar refractivity (Wildman–Crippen MR) is 23.0 cm³/mol. The van der Waals surface area contributed by atoms with Gasteiger partial charge in [-0.05, 0) is 0 Å². The summed E-state index contributed by atoms with van der Waals surface area (Å²) in [5.41, 5.74) is 0. The summed E-state index contributed by atoms with van der Waals surface area (Å²) < 4.78 is 0. The summed E-state index contributed by atoms with van der Waals surface area (Å²) in [5.74, 6) is 0. The Bertz CT molecular complexity index is 15.5. The molecule has 0 bridgehead atoms. The molecule has 16 valence electrons. The average molecular weight is 295 g/mol. The van der Waals surface area contributed by atoms with Gasteiger partial charge < -0.3 is 0 Å². The van der Waals surface area contributed by atoms with Crippen molar-refractivity contribution in [1.82, 2.24) is 0 Å². The summed E-state index contributed by atoms with van der Waals surface area (Å²) >= 11 is 0. The van der Waals surface area contributed by atoms with Crippen LogP contribution in [0.3, 0.4) is 0 Å². The molecule has 0 rings (SSSR count). The maximum Gasteiger partial charge on any atom is 0 e. The molecular weight excluding hydrogens is 295 g/mol. The quantitative estimate of drug-likeness (QED) is 0.476. The van der Waals surface area contributed by atoms with Crippen LogP contribution in [0.5, 0.6) is 0 Å². The molecule has 0 aliphatic heterocycles. The van der Waals surface area contributed by atoms with E-state index in [4.69, 9.17) is 0 Å². The topological polar surface area (TPSA) is 0 Å². The molecule has 8 radical (unpaired) electrons. The summed E-state index contributed by atoms with van der Waals surface area (Å²) in [7, 11) is 0. The molecule has 0 aliphatic carbocycles. The van der Waals surface area contributed by atoms with Gasteiger partial charge in [-0.2, -0.15) is 0 Å². The standard InChI is InChI=1S/Ca.Mg.Mn.Na.Sr.Zn. The van der Waals surface area contributed by atoms with Crippen molar-refractivity contribution in [3.63, 3.8) is 0 Å². The summed E-state index contributed by atoms with van der Waals surface area (Å²) in [6.45, 7) is 0. The fourth-order valence-electron chi connectivity index (χ4n) is 0. The van der Waals surface area contributed by atoms with E-state index in [9.17, 15) is 0 Å². The van der Waals surface area contributed by atoms with Crippen molar-refractivity contribution in [2.24, 2.45) is 0 Å². The second-order valence-corrected chi connectivity index (χ2v) is 0. The number of hydrogen-bond acceptors (Lipinski definition) is 0. The Kier molecular flexibility index (Phi) is 214. The molecule has 0 spiro atoms. The third-order valence-electron chi connectivity index (χ3n) is 0. The largest absolute Gasteiger partial charge is 0 e. The zero-order chi connectivity index (χ0) is 0. The molecule has 0 aromatic rings. The predicted octanol–water partition coefficient (Wildman–Crippen LogP) is -1.53. The SMILES string of the molecule is [Ca].[Mg].[Mn].[Na].[Sr].[Zn]. The Morgan fingerprint density at radius 1 is 1.00 bits per heavy atom. The van der Waals surface area contributed by atoms with E-state index in [0.717, 1.165) is 0 Å². The van der Waals surface area contributed by atoms with E-state index in [-0.39, 0.29) is 172 Å². The summed E-state index contributed by atoms with van der Waals surface area (Å²) in [6.07, 6.45) is 0. The van der Waals surface area contributed by atoms with Gasteiger partial charge >= 0.3 is 0 Å². The van der Waals surface area contributed by atoms with Crippen molar-refractivity contribution in [1.29, 1.82) is 0 Å². The normalized spacial score (nSPS) is 0. The van der Waals surface area contributed by atoms with E-state index in [1.165, 1.54) is 0 Å². The van der Waals surface area contributed by atoms with Gasteiger partial charge in [0.25, 0.3) is 0 Å². The maximum atomic E-state index is 0. The van der Waals surface area contributed by atoms with Gasteiger partial charge in [-0.3, -0.25) is 0 Å². The van der Waals surface area contributed by atoms with Crippen LogP contribution in [0.2, 0.25) is 0 Å². The molecule has 0 fully saturated rings. The molecule has 0 aliphatic rings. The number of hydrogen-bond donors (Lipinski definition) is 0. The molecule has 0 amide bonds. The third kappa shape index (κ3) is 22.6. The van der Waals surface area contributed by atoms with Crippen LogP contribution in [-0.4, -0.2) is 136 Å². The molecule has 0 N–H and O–H groups in total. The minimum atomic E-state index is 0. The first-order valence-electron chi connectivity index (χ1n) is 0. The Morgan fingerprint density at radius 2 is 1.00 bits per heavy atom. The van der Waals surface area contributed by atoms with Crippen molar-refractivity contribution in [2.75, 3.05) is 0 Å². The Labute approximate surface area is 167 Å². The molecule has 0 unspecified atom stereocenters. The maximum absolute atomic E-state index is 0. The molecule has 6 heteroatoms. The van der Waals surface area contributed by atoms with Gasteiger partial charge in [0.2, 0.25) is 0 Å². The Morgan fingerprint density at radius 3 is 1.00 bits per heavy atom. The first kappa shape index (κ1) is 41.4. The van der Waals surface area contributed by atoms with Crippen molar-refractivity contribution in [2.45, 2.75) is 0 Å². The Balaban J connectivity index is 0. The second-order valence-electron chi connectivity index (χ2n) is 0. The van der Waals surface area contributed by atoms with Gasteiger partial charge in [0.05, 0.1) is 0 Å². The second kappa shape index (κ2) is 31.1. The van der Waals surface area contributed by atoms with Crippen molar-refractivity contribution < 1.29 is 36.5 Å². The van der Waals surface area contributed by atoms with Crippen molar-refractivity contribution in [3.8, 4) is 0 Å². The molecule has 0 aromatic carbocycles. The first-order chi connectivity index (χ1) is 0. The summed E-state index contributed by atoms with van der Waals surface area (Å²) in [5, 5.41) is 0. The van der Waals surface area contributed by atoms with E-state index in [1.54, 1.807) is 0 Å². The minimum absolute atomic E-state index is 0. The van der Waals surface area contributed by atoms with Crippen LogP contribution >= 0.6 is 0 Å². The molecule has 0 saturated heterocycles. The molecule has 0 aromatic heterocycles. The van der Waals surface area contributed by atoms with E-state index >= 15 is 0 Å². The van der Waals surface area contributed by atoms with E-state index < -0.39 is 0 Å². The molecule has 6 heavy (non-hydrogen) atoms. The molecule has 0 saturated carbocycles. The third-order valence-corrected chi connectivity index (χ3v) is 0. The Hall–Kier alpha value is 5.65. The zero-order valence-corrected chi connectivity index (χ0v) is 17.5. The minimum Gasteiger partial charge on any atom is 0 e. The zero-order valence-electron chi connectivity index (χ0n) is 4.21. The fourth-order valence-corrected chi connectivity index (χ4v) is 0.